The van der Waals surface area contributed by atoms with Crippen molar-refractivity contribution in [3.8, 4) is 22.9 Å². The fourth-order valence-electron chi connectivity index (χ4n) is 8.51. The van der Waals surface area contributed by atoms with Gasteiger partial charge < -0.3 is 24.8 Å². The molecule has 2 unspecified atom stereocenters. The smallest absolute Gasteiger partial charge is 0.319 e. The van der Waals surface area contributed by atoms with Gasteiger partial charge in [0.05, 0.1) is 19.3 Å². The second-order valence-corrected chi connectivity index (χ2v) is 14.2. The molecule has 240 valence electrons. The number of morpholine rings is 1. The van der Waals surface area contributed by atoms with Gasteiger partial charge in [0.2, 0.25) is 0 Å². The lowest BCUT2D eigenvalue weighted by atomic mass is 9.92. The average molecular weight is 628 g/mol. The Morgan fingerprint density at radius 2 is 1.87 bits per heavy atom. The van der Waals surface area contributed by atoms with Crippen LogP contribution in [0.5, 0.6) is 11.8 Å². The molecule has 1 aliphatic carbocycles. The van der Waals surface area contributed by atoms with Gasteiger partial charge in [-0.15, -0.1) is 0 Å². The normalized spacial score (nSPS) is 26.5. The van der Waals surface area contributed by atoms with Crippen LogP contribution in [0.25, 0.3) is 32.8 Å². The Kier molecular flexibility index (Phi) is 6.67. The zero-order valence-corrected chi connectivity index (χ0v) is 26.1. The van der Waals surface area contributed by atoms with Gasteiger partial charge in [-0.05, 0) is 84.7 Å². The van der Waals surface area contributed by atoms with Crippen LogP contribution in [0.3, 0.4) is 0 Å². The zero-order valence-electron chi connectivity index (χ0n) is 26.1. The van der Waals surface area contributed by atoms with Crippen LogP contribution in [-0.4, -0.2) is 83.6 Å². The molecule has 8 nitrogen and oxygen atoms in total. The number of piperazine rings is 1. The number of rotatable bonds is 8. The van der Waals surface area contributed by atoms with Gasteiger partial charge in [-0.25, -0.2) is 8.78 Å². The third-order valence-electron chi connectivity index (χ3n) is 11.1. The van der Waals surface area contributed by atoms with Crippen LogP contribution < -0.4 is 15.0 Å². The Labute approximate surface area is 266 Å². The Hall–Kier alpha value is -3.60. The number of anilines is 1. The van der Waals surface area contributed by atoms with Crippen LogP contribution in [0.4, 0.5) is 14.6 Å². The first-order valence-corrected chi connectivity index (χ1v) is 16.8. The summed E-state index contributed by atoms with van der Waals surface area (Å²) in [5.74, 6) is -0.202. The van der Waals surface area contributed by atoms with Crippen LogP contribution >= 0.6 is 0 Å². The first-order valence-electron chi connectivity index (χ1n) is 16.8. The number of hydrogen-bond acceptors (Lipinski definition) is 8. The van der Waals surface area contributed by atoms with E-state index in [4.69, 9.17) is 19.4 Å². The Morgan fingerprint density at radius 3 is 2.59 bits per heavy atom. The van der Waals surface area contributed by atoms with E-state index in [-0.39, 0.29) is 34.1 Å². The summed E-state index contributed by atoms with van der Waals surface area (Å²) in [7, 11) is 0. The Balaban J connectivity index is 1.12. The van der Waals surface area contributed by atoms with E-state index in [9.17, 15) is 9.50 Å². The summed E-state index contributed by atoms with van der Waals surface area (Å²) in [6.45, 7) is 6.69. The second-order valence-electron chi connectivity index (χ2n) is 14.2. The molecule has 3 aromatic carbocycles. The number of aromatic nitrogens is 2. The van der Waals surface area contributed by atoms with E-state index in [1.165, 1.54) is 12.1 Å². The lowest BCUT2D eigenvalue weighted by molar-refractivity contribution is 0.0176. The van der Waals surface area contributed by atoms with E-state index in [0.717, 1.165) is 64.9 Å². The number of phenols is 1. The maximum absolute atomic E-state index is 16.9. The topological polar surface area (TPSA) is 83.0 Å². The van der Waals surface area contributed by atoms with Gasteiger partial charge in [0.25, 0.3) is 0 Å². The minimum absolute atomic E-state index is 0.00753. The molecule has 5 aliphatic rings. The lowest BCUT2D eigenvalue weighted by Gasteiger charge is -2.34. The van der Waals surface area contributed by atoms with E-state index in [0.29, 0.717) is 70.4 Å². The molecule has 0 radical (unpaired) electrons. The minimum atomic E-state index is -0.531. The first kappa shape index (κ1) is 28.6. The van der Waals surface area contributed by atoms with Crippen molar-refractivity contribution < 1.29 is 23.4 Å². The summed E-state index contributed by atoms with van der Waals surface area (Å²) in [5, 5.41) is 16.2. The number of aryl methyl sites for hydroxylation is 1. The van der Waals surface area contributed by atoms with E-state index >= 15 is 4.39 Å². The number of ether oxygens (including phenoxy) is 2. The SMILES string of the molecule is CCc1c(F)ccc2cc(O)cc(-c3ccc4c(N5CC6CCC(C5)N6)nc(OCC5(CN6C[C@H]7C[C@@H]6CO7)CC5)nc4c3F)c12. The van der Waals surface area contributed by atoms with Gasteiger partial charge in [-0.2, -0.15) is 9.97 Å². The maximum atomic E-state index is 16.9. The van der Waals surface area contributed by atoms with Crippen molar-refractivity contribution in [1.82, 2.24) is 20.2 Å². The average Bonchev–Trinajstić information content (AvgIpc) is 3.31. The molecule has 10 heteroatoms. The molecule has 4 aromatic rings. The summed E-state index contributed by atoms with van der Waals surface area (Å²) in [6.07, 6.45) is 6.29. The molecular formula is C36H39F2N5O3. The molecule has 0 amide bonds. The number of hydrogen-bond donors (Lipinski definition) is 2. The highest BCUT2D eigenvalue weighted by atomic mass is 19.1. The summed E-state index contributed by atoms with van der Waals surface area (Å²) in [4.78, 5) is 14.5. The fourth-order valence-corrected chi connectivity index (χ4v) is 8.51. The zero-order chi connectivity index (χ0) is 31.2. The Bertz CT molecular complexity index is 1850. The summed E-state index contributed by atoms with van der Waals surface area (Å²) in [6, 6.07) is 11.1. The molecule has 4 atom stereocenters. The highest BCUT2D eigenvalue weighted by Crippen LogP contribution is 2.48. The van der Waals surface area contributed by atoms with Gasteiger partial charge in [0.1, 0.15) is 22.9 Å². The third kappa shape index (κ3) is 4.79. The van der Waals surface area contributed by atoms with Crippen LogP contribution in [-0.2, 0) is 11.2 Å². The Morgan fingerprint density at radius 1 is 1.04 bits per heavy atom. The predicted octanol–water partition coefficient (Wildman–Crippen LogP) is 5.57. The standard InChI is InChI=1S/C36H39F2N5O3/c1-2-26-30(37)8-3-20-11-24(44)13-29(31(20)26)27-6-7-28-33(32(27)38)40-35(41-34(28)42-14-21-4-5-22(15-42)39-21)46-19-36(9-10-36)18-43-16-25-12-23(43)17-45-25/h3,6-8,11,13,21-23,25,39,44H,2,4-5,9-10,12,14-19H2,1H3/t21?,22?,23-,25-/m1/s1. The number of fused-ring (bicyclic) bond motifs is 6. The number of likely N-dealkylation sites (tertiary alicyclic amines) is 1. The molecular weight excluding hydrogens is 588 g/mol. The van der Waals surface area contributed by atoms with Crippen molar-refractivity contribution in [2.45, 2.75) is 69.7 Å². The van der Waals surface area contributed by atoms with Crippen molar-refractivity contribution >= 4 is 27.5 Å². The van der Waals surface area contributed by atoms with Gasteiger partial charge in [0, 0.05) is 60.7 Å². The number of nitrogens with zero attached hydrogens (tertiary/aromatic N) is 4. The molecule has 9 rings (SSSR count). The number of halogens is 2. The van der Waals surface area contributed by atoms with Gasteiger partial charge in [0.15, 0.2) is 5.82 Å². The number of benzene rings is 3. The van der Waals surface area contributed by atoms with Crippen LogP contribution in [0.15, 0.2) is 36.4 Å². The molecule has 5 heterocycles. The van der Waals surface area contributed by atoms with Crippen molar-refractivity contribution in [3.05, 3.63) is 53.6 Å². The fraction of sp³-hybridized carbons (Fsp3) is 0.500. The molecule has 4 bridgehead atoms. The van der Waals surface area contributed by atoms with E-state index in [1.807, 2.05) is 13.0 Å². The van der Waals surface area contributed by atoms with Crippen LogP contribution in [0.2, 0.25) is 0 Å². The van der Waals surface area contributed by atoms with Crippen LogP contribution in [0, 0.1) is 17.0 Å². The summed E-state index contributed by atoms with van der Waals surface area (Å²) < 4.78 is 44.1. The molecule has 2 N–H and O–H groups in total. The van der Waals surface area contributed by atoms with Crippen molar-refractivity contribution in [2.75, 3.05) is 44.3 Å². The highest BCUT2D eigenvalue weighted by Gasteiger charge is 2.49. The molecule has 0 spiro atoms. The van der Waals surface area contributed by atoms with Crippen molar-refractivity contribution in [3.63, 3.8) is 0 Å². The molecule has 5 fully saturated rings. The largest absolute Gasteiger partial charge is 0.508 e. The van der Waals surface area contributed by atoms with Crippen LogP contribution in [0.1, 0.15) is 44.6 Å². The highest BCUT2D eigenvalue weighted by molar-refractivity contribution is 6.03. The second kappa shape index (κ2) is 10.7. The van der Waals surface area contributed by atoms with Gasteiger partial charge in [-0.3, -0.25) is 4.90 Å². The third-order valence-corrected chi connectivity index (χ3v) is 11.1. The minimum Gasteiger partial charge on any atom is -0.508 e. The van der Waals surface area contributed by atoms with Gasteiger partial charge in [-0.1, -0.05) is 19.1 Å². The lowest BCUT2D eigenvalue weighted by Crippen LogP contribution is -2.51. The molecule has 4 aliphatic heterocycles. The number of nitrogens with one attached hydrogen (secondary N) is 1. The van der Waals surface area contributed by atoms with E-state index < -0.39 is 5.82 Å². The van der Waals surface area contributed by atoms with Crippen molar-refractivity contribution in [1.29, 1.82) is 0 Å². The number of phenolic OH excluding ortho intramolecular Hbond substituents is 1. The predicted molar refractivity (Wildman–Crippen MR) is 172 cm³/mol. The van der Waals surface area contributed by atoms with Gasteiger partial charge >= 0.3 is 6.01 Å². The quantitative estimate of drug-likeness (QED) is 0.263. The molecule has 46 heavy (non-hydrogen) atoms. The summed E-state index contributed by atoms with van der Waals surface area (Å²) >= 11 is 0. The van der Waals surface area contributed by atoms with Crippen molar-refractivity contribution in [2.24, 2.45) is 5.41 Å². The maximum Gasteiger partial charge on any atom is 0.319 e. The molecule has 1 aromatic heterocycles. The number of aromatic hydroxyl groups is 1. The van der Waals surface area contributed by atoms with E-state index in [2.05, 4.69) is 15.1 Å². The van der Waals surface area contributed by atoms with E-state index in [1.54, 1.807) is 18.2 Å². The summed E-state index contributed by atoms with van der Waals surface area (Å²) in [5.41, 5.74) is 1.42. The molecule has 1 saturated carbocycles. The molecule has 4 saturated heterocycles. The first-order chi connectivity index (χ1) is 22.4. The monoisotopic (exact) mass is 627 g/mol.